The van der Waals surface area contributed by atoms with Gasteiger partial charge in [-0.1, -0.05) is 0 Å². The van der Waals surface area contributed by atoms with Gasteiger partial charge in [0.05, 0.1) is 24.0 Å². The Bertz CT molecular complexity index is 899. The minimum Gasteiger partial charge on any atom is -0.384 e. The third kappa shape index (κ3) is 3.40. The average molecular weight is 372 g/mol. The van der Waals surface area contributed by atoms with Crippen LogP contribution in [-0.2, 0) is 11.2 Å². The van der Waals surface area contributed by atoms with E-state index in [2.05, 4.69) is 24.2 Å². The summed E-state index contributed by atoms with van der Waals surface area (Å²) >= 11 is 1.41. The number of piperazine rings is 1. The van der Waals surface area contributed by atoms with Crippen molar-refractivity contribution < 1.29 is 9.53 Å². The van der Waals surface area contributed by atoms with Crippen LogP contribution in [0.2, 0.25) is 0 Å². The molecule has 9 heteroatoms. The molecule has 0 unspecified atom stereocenters. The van der Waals surface area contributed by atoms with Crippen molar-refractivity contribution in [3.8, 4) is 0 Å². The van der Waals surface area contributed by atoms with Gasteiger partial charge in [0.15, 0.2) is 0 Å². The summed E-state index contributed by atoms with van der Waals surface area (Å²) in [7, 11) is 1.67. The lowest BCUT2D eigenvalue weighted by atomic mass is 10.1. The summed E-state index contributed by atoms with van der Waals surface area (Å²) in [5, 5.41) is 0.919. The Kier molecular flexibility index (Phi) is 4.81. The molecule has 1 saturated heterocycles. The van der Waals surface area contributed by atoms with Gasteiger partial charge in [-0.3, -0.25) is 4.79 Å². The molecule has 3 aromatic rings. The Morgan fingerprint density at radius 2 is 2.15 bits per heavy atom. The van der Waals surface area contributed by atoms with Crippen molar-refractivity contribution in [3.63, 3.8) is 0 Å². The number of ether oxygens (including phenoxy) is 1. The summed E-state index contributed by atoms with van der Waals surface area (Å²) in [6, 6.07) is 5.58. The highest BCUT2D eigenvalue weighted by Gasteiger charge is 2.24. The van der Waals surface area contributed by atoms with Gasteiger partial charge in [-0.25, -0.2) is 9.97 Å². The molecule has 0 atom stereocenters. The van der Waals surface area contributed by atoms with Gasteiger partial charge in [-0.05, 0) is 18.2 Å². The standard InChI is InChI=1S/C17H20N6O2S/c1-25-9-4-15-20-17(26-21-15)23-7-5-22(6-8-23)16(24)12-2-3-13-14(10-12)19-11-18-13/h2-3,10-11H,4-9H2,1H3,(H,18,19). The predicted molar refractivity (Wildman–Crippen MR) is 99.7 cm³/mol. The van der Waals surface area contributed by atoms with E-state index in [1.807, 2.05) is 23.1 Å². The van der Waals surface area contributed by atoms with Crippen LogP contribution in [0.1, 0.15) is 16.2 Å². The van der Waals surface area contributed by atoms with Crippen LogP contribution >= 0.6 is 11.5 Å². The molecule has 1 aromatic carbocycles. The fourth-order valence-corrected chi connectivity index (χ4v) is 3.78. The van der Waals surface area contributed by atoms with E-state index in [1.54, 1.807) is 13.4 Å². The number of benzene rings is 1. The number of hydrogen-bond acceptors (Lipinski definition) is 7. The Labute approximate surface area is 155 Å². The third-order valence-electron chi connectivity index (χ3n) is 4.49. The number of nitrogens with one attached hydrogen (secondary N) is 1. The van der Waals surface area contributed by atoms with E-state index in [-0.39, 0.29) is 5.91 Å². The van der Waals surface area contributed by atoms with Crippen LogP contribution in [-0.4, -0.2) is 70.0 Å². The van der Waals surface area contributed by atoms with Crippen LogP contribution in [0.4, 0.5) is 5.13 Å². The fraction of sp³-hybridized carbons (Fsp3) is 0.412. The molecule has 0 aliphatic carbocycles. The van der Waals surface area contributed by atoms with E-state index in [9.17, 15) is 4.79 Å². The molecular formula is C17H20N6O2S. The zero-order valence-corrected chi connectivity index (χ0v) is 15.3. The zero-order chi connectivity index (χ0) is 17.9. The summed E-state index contributed by atoms with van der Waals surface area (Å²) < 4.78 is 9.44. The molecule has 0 saturated carbocycles. The third-order valence-corrected chi connectivity index (χ3v) is 5.31. The maximum atomic E-state index is 12.8. The lowest BCUT2D eigenvalue weighted by Crippen LogP contribution is -2.48. The lowest BCUT2D eigenvalue weighted by Gasteiger charge is -2.34. The summed E-state index contributed by atoms with van der Waals surface area (Å²) in [6.07, 6.45) is 2.36. The van der Waals surface area contributed by atoms with Gasteiger partial charge in [0.2, 0.25) is 5.13 Å². The molecule has 1 aliphatic rings. The van der Waals surface area contributed by atoms with Crippen LogP contribution in [0.25, 0.3) is 11.0 Å². The van der Waals surface area contributed by atoms with Crippen LogP contribution in [0, 0.1) is 0 Å². The van der Waals surface area contributed by atoms with E-state index < -0.39 is 0 Å². The largest absolute Gasteiger partial charge is 0.384 e. The van der Waals surface area contributed by atoms with Crippen molar-refractivity contribution in [2.45, 2.75) is 6.42 Å². The highest BCUT2D eigenvalue weighted by molar-refractivity contribution is 7.09. The first-order valence-electron chi connectivity index (χ1n) is 8.53. The molecule has 0 radical (unpaired) electrons. The smallest absolute Gasteiger partial charge is 0.254 e. The van der Waals surface area contributed by atoms with Gasteiger partial charge in [-0.15, -0.1) is 0 Å². The van der Waals surface area contributed by atoms with Gasteiger partial charge in [0.1, 0.15) is 5.82 Å². The van der Waals surface area contributed by atoms with Gasteiger partial charge < -0.3 is 19.5 Å². The first-order chi connectivity index (χ1) is 12.7. The number of fused-ring (bicyclic) bond motifs is 1. The number of carbonyl (C=O) groups excluding carboxylic acids is 1. The van der Waals surface area contributed by atoms with Gasteiger partial charge in [0.25, 0.3) is 5.91 Å². The minimum atomic E-state index is 0.0548. The van der Waals surface area contributed by atoms with Crippen molar-refractivity contribution in [1.29, 1.82) is 0 Å². The summed E-state index contributed by atoms with van der Waals surface area (Å²) in [4.78, 5) is 28.7. The summed E-state index contributed by atoms with van der Waals surface area (Å²) in [5.41, 5.74) is 2.44. The van der Waals surface area contributed by atoms with Crippen molar-refractivity contribution in [2.24, 2.45) is 0 Å². The molecule has 136 valence electrons. The monoisotopic (exact) mass is 372 g/mol. The second kappa shape index (κ2) is 7.38. The van der Waals surface area contributed by atoms with Gasteiger partial charge in [-0.2, -0.15) is 4.37 Å². The molecule has 2 aromatic heterocycles. The van der Waals surface area contributed by atoms with E-state index in [1.165, 1.54) is 11.5 Å². The maximum Gasteiger partial charge on any atom is 0.254 e. The molecule has 1 fully saturated rings. The number of aromatic amines is 1. The van der Waals surface area contributed by atoms with Crippen molar-refractivity contribution in [2.75, 3.05) is 44.8 Å². The number of aromatic nitrogens is 4. The SMILES string of the molecule is COCCc1nsc(N2CCN(C(=O)c3ccc4nc[nH]c4c3)CC2)n1. The molecule has 8 nitrogen and oxygen atoms in total. The Morgan fingerprint density at radius 1 is 1.31 bits per heavy atom. The van der Waals surface area contributed by atoms with Crippen LogP contribution in [0.5, 0.6) is 0 Å². The molecule has 4 rings (SSSR count). The van der Waals surface area contributed by atoms with Crippen molar-refractivity contribution in [1.82, 2.24) is 24.2 Å². The number of rotatable bonds is 5. The summed E-state index contributed by atoms with van der Waals surface area (Å²) in [5.74, 6) is 0.873. The molecule has 0 spiro atoms. The number of anilines is 1. The molecule has 26 heavy (non-hydrogen) atoms. The normalized spacial score (nSPS) is 15.0. The highest BCUT2D eigenvalue weighted by atomic mass is 32.1. The predicted octanol–water partition coefficient (Wildman–Crippen LogP) is 1.57. The average Bonchev–Trinajstić information content (AvgIpc) is 3.34. The van der Waals surface area contributed by atoms with Gasteiger partial charge >= 0.3 is 0 Å². The topological polar surface area (TPSA) is 87.2 Å². The number of carbonyl (C=O) groups is 1. The highest BCUT2D eigenvalue weighted by Crippen LogP contribution is 2.20. The Morgan fingerprint density at radius 3 is 2.96 bits per heavy atom. The number of amides is 1. The lowest BCUT2D eigenvalue weighted by molar-refractivity contribution is 0.0747. The first kappa shape index (κ1) is 16.9. The van der Waals surface area contributed by atoms with Gasteiger partial charge in [0, 0.05) is 56.8 Å². The van der Waals surface area contributed by atoms with Crippen molar-refractivity contribution in [3.05, 3.63) is 35.9 Å². The molecule has 1 amide bonds. The number of nitrogens with zero attached hydrogens (tertiary/aromatic N) is 5. The van der Waals surface area contributed by atoms with E-state index >= 15 is 0 Å². The molecule has 1 N–H and O–H groups in total. The van der Waals surface area contributed by atoms with E-state index in [0.717, 1.165) is 41.5 Å². The zero-order valence-electron chi connectivity index (χ0n) is 14.5. The Balaban J connectivity index is 1.38. The molecule has 3 heterocycles. The second-order valence-electron chi connectivity index (χ2n) is 6.15. The second-order valence-corrected chi connectivity index (χ2v) is 6.88. The molecule has 0 bridgehead atoms. The minimum absolute atomic E-state index is 0.0548. The molecular weight excluding hydrogens is 352 g/mol. The van der Waals surface area contributed by atoms with Crippen LogP contribution < -0.4 is 4.90 Å². The number of H-pyrrole nitrogens is 1. The molecule has 1 aliphatic heterocycles. The quantitative estimate of drug-likeness (QED) is 0.731. The summed E-state index contributed by atoms with van der Waals surface area (Å²) in [6.45, 7) is 3.49. The Hall–Kier alpha value is -2.52. The van der Waals surface area contributed by atoms with E-state index in [4.69, 9.17) is 4.74 Å². The van der Waals surface area contributed by atoms with Crippen molar-refractivity contribution >= 4 is 33.6 Å². The number of methoxy groups -OCH3 is 1. The van der Waals surface area contributed by atoms with Crippen LogP contribution in [0.15, 0.2) is 24.5 Å². The van der Waals surface area contributed by atoms with Crippen LogP contribution in [0.3, 0.4) is 0 Å². The number of imidazole rings is 1. The fourth-order valence-electron chi connectivity index (χ4n) is 3.02. The van der Waals surface area contributed by atoms with E-state index in [0.29, 0.717) is 25.3 Å². The maximum absolute atomic E-state index is 12.8. The first-order valence-corrected chi connectivity index (χ1v) is 9.31. The number of hydrogen-bond donors (Lipinski definition) is 1.